The largest absolute Gasteiger partial charge is 0.481 e. The molecule has 0 radical (unpaired) electrons. The van der Waals surface area contributed by atoms with Gasteiger partial charge in [0.15, 0.2) is 0 Å². The number of carboxylic acid groups (broad SMARTS) is 1. The van der Waals surface area contributed by atoms with Crippen molar-refractivity contribution >= 4 is 17.3 Å². The quantitative estimate of drug-likeness (QED) is 0.905. The number of anilines is 2. The average molecular weight is 290 g/mol. The lowest BCUT2D eigenvalue weighted by atomic mass is 9.99. The highest BCUT2D eigenvalue weighted by Crippen LogP contribution is 2.25. The standard InChI is InChI=1S/C17H26N2O2/c1-13-8-10-19(11-9-13)16-6-4-15(5-7-16)18(3)12-14(2)17(20)21/h4-7,13-14H,8-12H2,1-3H3,(H,20,21). The Kier molecular flexibility index (Phi) is 5.10. The number of hydrogen-bond acceptors (Lipinski definition) is 3. The zero-order valence-electron chi connectivity index (χ0n) is 13.2. The van der Waals surface area contributed by atoms with Crippen LogP contribution >= 0.6 is 0 Å². The van der Waals surface area contributed by atoms with E-state index in [9.17, 15) is 4.79 Å². The first-order chi connectivity index (χ1) is 9.97. The molecule has 0 amide bonds. The van der Waals surface area contributed by atoms with Crippen molar-refractivity contribution in [3.05, 3.63) is 24.3 Å². The molecule has 0 aromatic heterocycles. The van der Waals surface area contributed by atoms with Gasteiger partial charge in [-0.1, -0.05) is 13.8 Å². The summed E-state index contributed by atoms with van der Waals surface area (Å²) in [6, 6.07) is 8.46. The average Bonchev–Trinajstić information content (AvgIpc) is 2.48. The van der Waals surface area contributed by atoms with Crippen molar-refractivity contribution in [1.82, 2.24) is 0 Å². The van der Waals surface area contributed by atoms with E-state index < -0.39 is 5.97 Å². The minimum Gasteiger partial charge on any atom is -0.481 e. The van der Waals surface area contributed by atoms with Crippen LogP contribution < -0.4 is 9.80 Å². The second kappa shape index (κ2) is 6.83. The Labute approximate surface area is 127 Å². The number of nitrogens with zero attached hydrogens (tertiary/aromatic N) is 2. The van der Waals surface area contributed by atoms with Gasteiger partial charge >= 0.3 is 5.97 Å². The molecule has 0 saturated carbocycles. The molecule has 0 spiro atoms. The summed E-state index contributed by atoms with van der Waals surface area (Å²) in [5, 5.41) is 8.98. The van der Waals surface area contributed by atoms with E-state index in [1.54, 1.807) is 6.92 Å². The topological polar surface area (TPSA) is 43.8 Å². The van der Waals surface area contributed by atoms with Crippen molar-refractivity contribution in [3.63, 3.8) is 0 Å². The van der Waals surface area contributed by atoms with Gasteiger partial charge < -0.3 is 14.9 Å². The van der Waals surface area contributed by atoms with Crippen molar-refractivity contribution in [1.29, 1.82) is 0 Å². The van der Waals surface area contributed by atoms with Gasteiger partial charge in [0.1, 0.15) is 0 Å². The lowest BCUT2D eigenvalue weighted by Gasteiger charge is -2.32. The Hall–Kier alpha value is -1.71. The molecule has 21 heavy (non-hydrogen) atoms. The predicted octanol–water partition coefficient (Wildman–Crippen LogP) is 3.08. The number of carboxylic acids is 1. The van der Waals surface area contributed by atoms with Gasteiger partial charge in [-0.3, -0.25) is 4.79 Å². The van der Waals surface area contributed by atoms with Crippen LogP contribution in [-0.2, 0) is 4.79 Å². The molecule has 1 atom stereocenters. The summed E-state index contributed by atoms with van der Waals surface area (Å²) in [4.78, 5) is 15.4. The van der Waals surface area contributed by atoms with Gasteiger partial charge in [-0.25, -0.2) is 0 Å². The molecular weight excluding hydrogens is 264 g/mol. The van der Waals surface area contributed by atoms with Gasteiger partial charge in [-0.2, -0.15) is 0 Å². The fourth-order valence-electron chi connectivity index (χ4n) is 2.78. The Balaban J connectivity index is 1.96. The second-order valence-corrected chi connectivity index (χ2v) is 6.31. The van der Waals surface area contributed by atoms with E-state index in [1.807, 2.05) is 11.9 Å². The molecule has 4 nitrogen and oxygen atoms in total. The number of aliphatic carboxylic acids is 1. The summed E-state index contributed by atoms with van der Waals surface area (Å²) in [7, 11) is 1.94. The zero-order chi connectivity index (χ0) is 15.4. The van der Waals surface area contributed by atoms with Crippen LogP contribution in [-0.4, -0.2) is 37.8 Å². The molecule has 0 bridgehead atoms. The maximum Gasteiger partial charge on any atom is 0.308 e. The molecule has 0 aliphatic carbocycles. The maximum atomic E-state index is 10.9. The lowest BCUT2D eigenvalue weighted by Crippen LogP contribution is -2.32. The summed E-state index contributed by atoms with van der Waals surface area (Å²) < 4.78 is 0. The fourth-order valence-corrected chi connectivity index (χ4v) is 2.78. The minimum absolute atomic E-state index is 0.363. The normalized spacial score (nSPS) is 17.6. The summed E-state index contributed by atoms with van der Waals surface area (Å²) in [6.07, 6.45) is 2.52. The van der Waals surface area contributed by atoms with Crippen LogP contribution in [0.15, 0.2) is 24.3 Å². The van der Waals surface area contributed by atoms with Crippen LogP contribution in [0.3, 0.4) is 0 Å². The molecular formula is C17H26N2O2. The monoisotopic (exact) mass is 290 g/mol. The van der Waals surface area contributed by atoms with Crippen LogP contribution in [0.2, 0.25) is 0 Å². The van der Waals surface area contributed by atoms with E-state index in [2.05, 4.69) is 36.1 Å². The van der Waals surface area contributed by atoms with E-state index in [0.29, 0.717) is 6.54 Å². The predicted molar refractivity (Wildman–Crippen MR) is 87.1 cm³/mol. The minimum atomic E-state index is -0.749. The van der Waals surface area contributed by atoms with Crippen LogP contribution in [0, 0.1) is 11.8 Å². The molecule has 4 heteroatoms. The van der Waals surface area contributed by atoms with Gasteiger partial charge in [0.2, 0.25) is 0 Å². The van der Waals surface area contributed by atoms with Crippen molar-refractivity contribution in [2.24, 2.45) is 11.8 Å². The number of benzene rings is 1. The number of hydrogen-bond donors (Lipinski definition) is 1. The van der Waals surface area contributed by atoms with Crippen molar-refractivity contribution in [2.45, 2.75) is 26.7 Å². The molecule has 1 saturated heterocycles. The highest BCUT2D eigenvalue weighted by Gasteiger charge is 2.17. The molecule has 116 valence electrons. The van der Waals surface area contributed by atoms with Crippen molar-refractivity contribution in [3.8, 4) is 0 Å². The highest BCUT2D eigenvalue weighted by molar-refractivity contribution is 5.70. The van der Waals surface area contributed by atoms with Crippen molar-refractivity contribution in [2.75, 3.05) is 36.5 Å². The van der Waals surface area contributed by atoms with Gasteiger partial charge in [0, 0.05) is 38.1 Å². The Bertz CT molecular complexity index is 464. The van der Waals surface area contributed by atoms with E-state index in [4.69, 9.17) is 5.11 Å². The molecule has 1 heterocycles. The highest BCUT2D eigenvalue weighted by atomic mass is 16.4. The summed E-state index contributed by atoms with van der Waals surface area (Å²) in [5.74, 6) is -0.275. The first kappa shape index (κ1) is 15.7. The molecule has 1 aromatic carbocycles. The second-order valence-electron chi connectivity index (χ2n) is 6.31. The van der Waals surface area contributed by atoms with Gasteiger partial charge in [0.25, 0.3) is 0 Å². The first-order valence-electron chi connectivity index (χ1n) is 7.76. The van der Waals surface area contributed by atoms with E-state index in [0.717, 1.165) is 24.7 Å². The smallest absolute Gasteiger partial charge is 0.308 e. The van der Waals surface area contributed by atoms with Crippen molar-refractivity contribution < 1.29 is 9.90 Å². The summed E-state index contributed by atoms with van der Waals surface area (Å²) >= 11 is 0. The number of piperidine rings is 1. The summed E-state index contributed by atoms with van der Waals surface area (Å²) in [5.41, 5.74) is 2.34. The van der Waals surface area contributed by atoms with E-state index in [-0.39, 0.29) is 5.92 Å². The van der Waals surface area contributed by atoms with Crippen LogP contribution in [0.5, 0.6) is 0 Å². The van der Waals surface area contributed by atoms with E-state index in [1.165, 1.54) is 18.5 Å². The molecule has 1 fully saturated rings. The molecule has 1 aliphatic rings. The third-order valence-electron chi connectivity index (χ3n) is 4.41. The zero-order valence-corrected chi connectivity index (χ0v) is 13.2. The maximum absolute atomic E-state index is 10.9. The lowest BCUT2D eigenvalue weighted by molar-refractivity contribution is -0.140. The van der Waals surface area contributed by atoms with E-state index >= 15 is 0 Å². The summed E-state index contributed by atoms with van der Waals surface area (Å²) in [6.45, 7) is 6.84. The SMILES string of the molecule is CC1CCN(c2ccc(N(C)CC(C)C(=O)O)cc2)CC1. The molecule has 1 aromatic rings. The number of rotatable bonds is 5. The molecule has 1 unspecified atom stereocenters. The molecule has 1 aliphatic heterocycles. The third-order valence-corrected chi connectivity index (χ3v) is 4.41. The third kappa shape index (κ3) is 4.13. The molecule has 1 N–H and O–H groups in total. The van der Waals surface area contributed by atoms with Crippen LogP contribution in [0.1, 0.15) is 26.7 Å². The number of carbonyl (C=O) groups is 1. The van der Waals surface area contributed by atoms with Crippen LogP contribution in [0.25, 0.3) is 0 Å². The van der Waals surface area contributed by atoms with Gasteiger partial charge in [0.05, 0.1) is 5.92 Å². The Morgan fingerprint density at radius 1 is 1.33 bits per heavy atom. The van der Waals surface area contributed by atoms with Gasteiger partial charge in [-0.05, 0) is 43.0 Å². The fraction of sp³-hybridized carbons (Fsp3) is 0.588. The molecule has 2 rings (SSSR count). The Morgan fingerprint density at radius 3 is 2.43 bits per heavy atom. The Morgan fingerprint density at radius 2 is 1.90 bits per heavy atom. The first-order valence-corrected chi connectivity index (χ1v) is 7.76. The van der Waals surface area contributed by atoms with Gasteiger partial charge in [-0.15, -0.1) is 0 Å². The van der Waals surface area contributed by atoms with Crippen LogP contribution in [0.4, 0.5) is 11.4 Å².